The molecule has 0 saturated heterocycles. The Morgan fingerprint density at radius 1 is 0.815 bits per heavy atom. The maximum Gasteiger partial charge on any atom is 0.304 e. The minimum absolute atomic E-state index is 0.00289. The van der Waals surface area contributed by atoms with Crippen LogP contribution in [0.1, 0.15) is 104 Å². The number of allylic oxidation sites excluding steroid dienone is 2. The summed E-state index contributed by atoms with van der Waals surface area (Å²) in [5.74, 6) is -1.26. The second kappa shape index (κ2) is 18.1. The Bertz CT molecular complexity index is 402. The van der Waals surface area contributed by atoms with Crippen molar-refractivity contribution in [3.8, 4) is 0 Å². The summed E-state index contributed by atoms with van der Waals surface area (Å²) in [5, 5.41) is 9.08. The van der Waals surface area contributed by atoms with Gasteiger partial charge in [0.2, 0.25) is 5.91 Å². The van der Waals surface area contributed by atoms with Crippen LogP contribution in [0.5, 0.6) is 0 Å². The van der Waals surface area contributed by atoms with Crippen LogP contribution in [0.2, 0.25) is 0 Å². The lowest BCUT2D eigenvalue weighted by Crippen LogP contribution is -2.36. The monoisotopic (exact) mass is 381 g/mol. The third kappa shape index (κ3) is 14.4. The van der Waals surface area contributed by atoms with Crippen molar-refractivity contribution < 1.29 is 14.7 Å². The summed E-state index contributed by atoms with van der Waals surface area (Å²) in [6, 6.07) is 0. The maximum absolute atomic E-state index is 12.4. The Labute approximate surface area is 167 Å². The maximum atomic E-state index is 12.4. The van der Waals surface area contributed by atoms with E-state index in [0.29, 0.717) is 19.5 Å². The molecule has 158 valence electrons. The predicted molar refractivity (Wildman–Crippen MR) is 114 cm³/mol. The molecule has 1 amide bonds. The van der Waals surface area contributed by atoms with E-state index in [4.69, 9.17) is 5.11 Å². The smallest absolute Gasteiger partial charge is 0.304 e. The van der Waals surface area contributed by atoms with Gasteiger partial charge in [0.25, 0.3) is 0 Å². The first kappa shape index (κ1) is 25.7. The molecular formula is C23H43NO3. The Kier molecular flexibility index (Phi) is 17.2. The molecule has 0 saturated carbocycles. The van der Waals surface area contributed by atoms with E-state index < -0.39 is 5.97 Å². The van der Waals surface area contributed by atoms with Gasteiger partial charge in [-0.05, 0) is 46.0 Å². The van der Waals surface area contributed by atoms with Crippen LogP contribution in [0.25, 0.3) is 0 Å². The van der Waals surface area contributed by atoms with Gasteiger partial charge in [0.15, 0.2) is 0 Å². The van der Waals surface area contributed by atoms with Gasteiger partial charge >= 0.3 is 5.97 Å². The number of carbonyl (C=O) groups excluding carboxylic acids is 1. The van der Waals surface area contributed by atoms with E-state index in [2.05, 4.69) is 19.1 Å². The average Bonchev–Trinajstić information content (AvgIpc) is 2.65. The Morgan fingerprint density at radius 2 is 1.33 bits per heavy atom. The number of nitrogens with zero attached hydrogens (tertiary/aromatic N) is 1. The van der Waals surface area contributed by atoms with Crippen molar-refractivity contribution in [2.75, 3.05) is 13.1 Å². The third-order valence-corrected chi connectivity index (χ3v) is 5.16. The normalized spacial score (nSPS) is 12.4. The average molecular weight is 382 g/mol. The zero-order chi connectivity index (χ0) is 20.3. The summed E-state index contributed by atoms with van der Waals surface area (Å²) in [7, 11) is 0. The first-order valence-corrected chi connectivity index (χ1v) is 11.2. The molecule has 0 aliphatic heterocycles. The second-order valence-electron chi connectivity index (χ2n) is 7.47. The van der Waals surface area contributed by atoms with Gasteiger partial charge < -0.3 is 10.0 Å². The van der Waals surface area contributed by atoms with E-state index in [-0.39, 0.29) is 18.2 Å². The van der Waals surface area contributed by atoms with Crippen molar-refractivity contribution in [1.82, 2.24) is 4.90 Å². The number of rotatable bonds is 18. The van der Waals surface area contributed by atoms with Crippen molar-refractivity contribution in [3.63, 3.8) is 0 Å². The van der Waals surface area contributed by atoms with E-state index >= 15 is 0 Å². The molecule has 0 heterocycles. The van der Waals surface area contributed by atoms with Gasteiger partial charge in [0.05, 0.1) is 6.42 Å². The van der Waals surface area contributed by atoms with Crippen molar-refractivity contribution in [2.45, 2.75) is 104 Å². The van der Waals surface area contributed by atoms with E-state index in [1.54, 1.807) is 4.90 Å². The fourth-order valence-corrected chi connectivity index (χ4v) is 3.43. The van der Waals surface area contributed by atoms with Gasteiger partial charge in [0, 0.05) is 19.0 Å². The SMILES string of the molecule is CCCCCCCCC/C=C/CCCCC(CC(=O)O)C(=O)N(CC)CC. The predicted octanol–water partition coefficient (Wildman–Crippen LogP) is 6.20. The van der Waals surface area contributed by atoms with Crippen LogP contribution in [0.15, 0.2) is 12.2 Å². The Morgan fingerprint density at radius 3 is 1.85 bits per heavy atom. The lowest BCUT2D eigenvalue weighted by molar-refractivity contribution is -0.144. The van der Waals surface area contributed by atoms with Crippen molar-refractivity contribution in [1.29, 1.82) is 0 Å². The molecule has 1 atom stereocenters. The summed E-state index contributed by atoms with van der Waals surface area (Å²) in [6.45, 7) is 7.42. The number of carboxylic acids is 1. The molecule has 0 fully saturated rings. The van der Waals surface area contributed by atoms with Crippen molar-refractivity contribution in [3.05, 3.63) is 12.2 Å². The van der Waals surface area contributed by atoms with E-state index in [9.17, 15) is 9.59 Å². The van der Waals surface area contributed by atoms with Crippen molar-refractivity contribution >= 4 is 11.9 Å². The number of carboxylic acid groups (broad SMARTS) is 1. The zero-order valence-corrected chi connectivity index (χ0v) is 18.0. The van der Waals surface area contributed by atoms with E-state index in [1.165, 1.54) is 44.9 Å². The molecule has 0 aromatic rings. The second-order valence-corrected chi connectivity index (χ2v) is 7.47. The minimum atomic E-state index is -0.880. The van der Waals surface area contributed by atoms with Gasteiger partial charge in [-0.3, -0.25) is 9.59 Å². The summed E-state index contributed by atoms with van der Waals surface area (Å²) in [6.07, 6.45) is 18.7. The van der Waals surface area contributed by atoms with E-state index in [0.717, 1.165) is 25.7 Å². The Balaban J connectivity index is 3.87. The quantitative estimate of drug-likeness (QED) is 0.227. The van der Waals surface area contributed by atoms with Gasteiger partial charge in [-0.25, -0.2) is 0 Å². The fraction of sp³-hybridized carbons (Fsp3) is 0.826. The summed E-state index contributed by atoms with van der Waals surface area (Å²) >= 11 is 0. The first-order valence-electron chi connectivity index (χ1n) is 11.2. The number of amides is 1. The number of hydrogen-bond acceptors (Lipinski definition) is 2. The number of hydrogen-bond donors (Lipinski definition) is 1. The fourth-order valence-electron chi connectivity index (χ4n) is 3.43. The largest absolute Gasteiger partial charge is 0.481 e. The molecule has 4 nitrogen and oxygen atoms in total. The molecule has 1 unspecified atom stereocenters. The molecule has 4 heteroatoms. The van der Waals surface area contributed by atoms with Gasteiger partial charge in [0.1, 0.15) is 0 Å². The number of aliphatic carboxylic acids is 1. The third-order valence-electron chi connectivity index (χ3n) is 5.16. The highest BCUT2D eigenvalue weighted by Gasteiger charge is 2.24. The van der Waals surface area contributed by atoms with Crippen LogP contribution >= 0.6 is 0 Å². The van der Waals surface area contributed by atoms with Crippen LogP contribution in [-0.4, -0.2) is 35.0 Å². The van der Waals surface area contributed by atoms with Gasteiger partial charge in [-0.15, -0.1) is 0 Å². The van der Waals surface area contributed by atoms with Crippen LogP contribution in [0.4, 0.5) is 0 Å². The molecule has 0 spiro atoms. The molecule has 0 aliphatic carbocycles. The lowest BCUT2D eigenvalue weighted by atomic mass is 9.96. The summed E-state index contributed by atoms with van der Waals surface area (Å²) in [4.78, 5) is 25.3. The lowest BCUT2D eigenvalue weighted by Gasteiger charge is -2.24. The topological polar surface area (TPSA) is 57.6 Å². The summed E-state index contributed by atoms with van der Waals surface area (Å²) in [5.41, 5.74) is 0. The van der Waals surface area contributed by atoms with Crippen molar-refractivity contribution in [2.24, 2.45) is 5.92 Å². The Hall–Kier alpha value is -1.32. The molecular weight excluding hydrogens is 338 g/mol. The van der Waals surface area contributed by atoms with Gasteiger partial charge in [-0.2, -0.15) is 0 Å². The first-order chi connectivity index (χ1) is 13.1. The minimum Gasteiger partial charge on any atom is -0.481 e. The summed E-state index contributed by atoms with van der Waals surface area (Å²) < 4.78 is 0. The number of unbranched alkanes of at least 4 members (excludes halogenated alkanes) is 9. The van der Waals surface area contributed by atoms with Crippen LogP contribution < -0.4 is 0 Å². The molecule has 27 heavy (non-hydrogen) atoms. The molecule has 0 aliphatic rings. The molecule has 1 N–H and O–H groups in total. The van der Waals surface area contributed by atoms with Gasteiger partial charge in [-0.1, -0.05) is 64.0 Å². The highest BCUT2D eigenvalue weighted by molar-refractivity contribution is 5.83. The molecule has 0 rings (SSSR count). The standard InChI is InChI=1S/C23H43NO3/c1-4-7-8-9-10-11-12-13-14-15-16-17-18-19-21(20-22(25)26)23(27)24(5-2)6-3/h14-15,21H,4-13,16-20H2,1-3H3,(H,25,26)/b15-14+. The van der Waals surface area contributed by atoms with Crippen LogP contribution in [-0.2, 0) is 9.59 Å². The zero-order valence-electron chi connectivity index (χ0n) is 18.0. The molecule has 0 aromatic carbocycles. The number of carbonyl (C=O) groups is 2. The highest BCUT2D eigenvalue weighted by atomic mass is 16.4. The molecule has 0 aromatic heterocycles. The van der Waals surface area contributed by atoms with Crippen LogP contribution in [0, 0.1) is 5.92 Å². The highest BCUT2D eigenvalue weighted by Crippen LogP contribution is 2.17. The molecule has 0 radical (unpaired) electrons. The van der Waals surface area contributed by atoms with E-state index in [1.807, 2.05) is 13.8 Å². The molecule has 0 bridgehead atoms. The van der Waals surface area contributed by atoms with Crippen LogP contribution in [0.3, 0.4) is 0 Å².